The van der Waals surface area contributed by atoms with Gasteiger partial charge in [-0.05, 0) is 26.3 Å². The number of carboxylic acids is 1. The zero-order chi connectivity index (χ0) is 12.5. The number of aryl methyl sites for hydroxylation is 1. The van der Waals surface area contributed by atoms with Gasteiger partial charge in [-0.2, -0.15) is 5.10 Å². The van der Waals surface area contributed by atoms with Gasteiger partial charge in [-0.25, -0.2) is 4.79 Å². The summed E-state index contributed by atoms with van der Waals surface area (Å²) in [4.78, 5) is 24.1. The van der Waals surface area contributed by atoms with Crippen molar-refractivity contribution >= 4 is 11.9 Å². The highest BCUT2D eigenvalue weighted by atomic mass is 16.4. The van der Waals surface area contributed by atoms with E-state index in [1.807, 2.05) is 0 Å². The van der Waals surface area contributed by atoms with Crippen LogP contribution in [0.15, 0.2) is 6.20 Å². The Balaban J connectivity index is 3.00. The van der Waals surface area contributed by atoms with Crippen LogP contribution >= 0.6 is 0 Å². The largest absolute Gasteiger partial charge is 0.480 e. The second kappa shape index (κ2) is 3.96. The van der Waals surface area contributed by atoms with Crippen molar-refractivity contribution in [2.24, 2.45) is 0 Å². The Morgan fingerprint density at radius 3 is 2.44 bits per heavy atom. The first-order valence-electron chi connectivity index (χ1n) is 4.80. The summed E-state index contributed by atoms with van der Waals surface area (Å²) in [7, 11) is 1.46. The van der Waals surface area contributed by atoms with Crippen LogP contribution in [0.25, 0.3) is 0 Å². The Labute approximate surface area is 93.3 Å². The maximum absolute atomic E-state index is 12.0. The summed E-state index contributed by atoms with van der Waals surface area (Å²) < 4.78 is 0. The Bertz CT molecular complexity index is 423. The quantitative estimate of drug-likeness (QED) is 0.790. The molecule has 6 heteroatoms. The van der Waals surface area contributed by atoms with Gasteiger partial charge in [0.15, 0.2) is 0 Å². The minimum absolute atomic E-state index is 0.317. The summed E-state index contributed by atoms with van der Waals surface area (Å²) in [6.07, 6.45) is 1.52. The van der Waals surface area contributed by atoms with E-state index in [1.54, 1.807) is 6.92 Å². The third-order valence-corrected chi connectivity index (χ3v) is 2.71. The van der Waals surface area contributed by atoms with Crippen LogP contribution in [0.1, 0.15) is 29.9 Å². The van der Waals surface area contributed by atoms with Gasteiger partial charge in [0, 0.05) is 7.05 Å². The number of carbonyl (C=O) groups is 2. The van der Waals surface area contributed by atoms with Crippen LogP contribution in [-0.4, -0.2) is 44.7 Å². The second-order valence-electron chi connectivity index (χ2n) is 4.16. The van der Waals surface area contributed by atoms with Gasteiger partial charge in [-0.3, -0.25) is 9.89 Å². The third-order valence-electron chi connectivity index (χ3n) is 2.71. The van der Waals surface area contributed by atoms with E-state index >= 15 is 0 Å². The maximum atomic E-state index is 12.0. The number of aliphatic carboxylic acids is 1. The van der Waals surface area contributed by atoms with Gasteiger partial charge in [0.2, 0.25) is 0 Å². The number of aromatic nitrogens is 2. The average molecular weight is 225 g/mol. The van der Waals surface area contributed by atoms with Crippen molar-refractivity contribution in [3.05, 3.63) is 17.5 Å². The molecule has 0 aromatic carbocycles. The number of hydrogen-bond acceptors (Lipinski definition) is 3. The van der Waals surface area contributed by atoms with E-state index in [2.05, 4.69) is 10.2 Å². The fourth-order valence-corrected chi connectivity index (χ4v) is 1.13. The molecule has 0 radical (unpaired) electrons. The zero-order valence-corrected chi connectivity index (χ0v) is 9.74. The number of H-pyrrole nitrogens is 1. The molecule has 6 nitrogen and oxygen atoms in total. The maximum Gasteiger partial charge on any atom is 0.329 e. The van der Waals surface area contributed by atoms with Crippen molar-refractivity contribution in [3.63, 3.8) is 0 Å². The van der Waals surface area contributed by atoms with Crippen molar-refractivity contribution in [1.29, 1.82) is 0 Å². The van der Waals surface area contributed by atoms with Crippen molar-refractivity contribution in [3.8, 4) is 0 Å². The van der Waals surface area contributed by atoms with E-state index in [0.29, 0.717) is 11.3 Å². The molecule has 16 heavy (non-hydrogen) atoms. The Hall–Kier alpha value is -1.85. The molecule has 1 aromatic rings. The highest BCUT2D eigenvalue weighted by Gasteiger charge is 2.36. The molecule has 0 unspecified atom stereocenters. The summed E-state index contributed by atoms with van der Waals surface area (Å²) in [6.45, 7) is 4.68. The van der Waals surface area contributed by atoms with Gasteiger partial charge < -0.3 is 10.0 Å². The topological polar surface area (TPSA) is 86.3 Å². The molecule has 0 aliphatic heterocycles. The fraction of sp³-hybridized carbons (Fsp3) is 0.500. The lowest BCUT2D eigenvalue weighted by Gasteiger charge is -2.31. The molecule has 0 atom stereocenters. The minimum atomic E-state index is -1.26. The van der Waals surface area contributed by atoms with Gasteiger partial charge in [0.1, 0.15) is 11.2 Å². The molecule has 1 heterocycles. The van der Waals surface area contributed by atoms with Gasteiger partial charge in [-0.1, -0.05) is 0 Å². The highest BCUT2D eigenvalue weighted by Crippen LogP contribution is 2.16. The lowest BCUT2D eigenvalue weighted by Crippen LogP contribution is -2.51. The zero-order valence-electron chi connectivity index (χ0n) is 9.74. The van der Waals surface area contributed by atoms with Gasteiger partial charge in [0.25, 0.3) is 5.91 Å². The van der Waals surface area contributed by atoms with E-state index in [9.17, 15) is 9.59 Å². The standard InChI is InChI=1S/C10H15N3O3/c1-6-5-11-12-7(6)8(14)13(4)10(2,3)9(15)16/h5H,1-4H3,(H,11,12)(H,15,16). The van der Waals surface area contributed by atoms with Gasteiger partial charge in [-0.15, -0.1) is 0 Å². The summed E-state index contributed by atoms with van der Waals surface area (Å²) in [6, 6.07) is 0. The van der Waals surface area contributed by atoms with Crippen molar-refractivity contribution in [2.45, 2.75) is 26.3 Å². The average Bonchev–Trinajstić information content (AvgIpc) is 2.61. The predicted molar refractivity (Wildman–Crippen MR) is 57.1 cm³/mol. The smallest absolute Gasteiger partial charge is 0.329 e. The number of likely N-dealkylation sites (N-methyl/N-ethyl adjacent to an activating group) is 1. The first-order chi connectivity index (χ1) is 7.28. The molecule has 1 amide bonds. The summed E-state index contributed by atoms with van der Waals surface area (Å²) in [5, 5.41) is 15.3. The van der Waals surface area contributed by atoms with E-state index in [0.717, 1.165) is 0 Å². The molecule has 0 saturated heterocycles. The number of amides is 1. The van der Waals surface area contributed by atoms with Crippen molar-refractivity contribution in [1.82, 2.24) is 15.1 Å². The van der Waals surface area contributed by atoms with Gasteiger partial charge in [0.05, 0.1) is 6.20 Å². The van der Waals surface area contributed by atoms with E-state index in [1.165, 1.54) is 32.0 Å². The van der Waals surface area contributed by atoms with Crippen molar-refractivity contribution < 1.29 is 14.7 Å². The minimum Gasteiger partial charge on any atom is -0.480 e. The summed E-state index contributed by atoms with van der Waals surface area (Å²) >= 11 is 0. The first kappa shape index (κ1) is 12.2. The Kier molecular flexibility index (Phi) is 3.02. The summed E-state index contributed by atoms with van der Waals surface area (Å²) in [5.74, 6) is -1.44. The van der Waals surface area contributed by atoms with Crippen LogP contribution in [0.3, 0.4) is 0 Å². The number of aromatic amines is 1. The van der Waals surface area contributed by atoms with E-state index in [4.69, 9.17) is 5.11 Å². The Morgan fingerprint density at radius 2 is 2.06 bits per heavy atom. The van der Waals surface area contributed by atoms with Crippen LogP contribution in [0.5, 0.6) is 0 Å². The molecule has 0 fully saturated rings. The number of carboxylic acid groups (broad SMARTS) is 1. The van der Waals surface area contributed by atoms with Crippen molar-refractivity contribution in [2.75, 3.05) is 7.05 Å². The van der Waals surface area contributed by atoms with Crippen LogP contribution in [0.4, 0.5) is 0 Å². The molecule has 0 spiro atoms. The SMILES string of the molecule is Cc1cn[nH]c1C(=O)N(C)C(C)(C)C(=O)O. The molecule has 0 aliphatic rings. The molecular weight excluding hydrogens is 210 g/mol. The number of hydrogen-bond donors (Lipinski definition) is 2. The van der Waals surface area contributed by atoms with E-state index in [-0.39, 0.29) is 5.91 Å². The van der Waals surface area contributed by atoms with Gasteiger partial charge >= 0.3 is 5.97 Å². The second-order valence-corrected chi connectivity index (χ2v) is 4.16. The molecule has 0 aliphatic carbocycles. The number of carbonyl (C=O) groups excluding carboxylic acids is 1. The lowest BCUT2D eigenvalue weighted by atomic mass is 10.0. The van der Waals surface area contributed by atoms with E-state index < -0.39 is 11.5 Å². The number of nitrogens with zero attached hydrogens (tertiary/aromatic N) is 2. The third kappa shape index (κ3) is 1.91. The molecule has 0 bridgehead atoms. The molecule has 1 rings (SSSR count). The fourth-order valence-electron chi connectivity index (χ4n) is 1.13. The predicted octanol–water partition coefficient (Wildman–Crippen LogP) is 0.653. The van der Waals surface area contributed by atoms with Crippen LogP contribution < -0.4 is 0 Å². The molecular formula is C10H15N3O3. The molecule has 2 N–H and O–H groups in total. The Morgan fingerprint density at radius 1 is 1.50 bits per heavy atom. The van der Waals surface area contributed by atoms with Crippen LogP contribution in [-0.2, 0) is 4.79 Å². The molecule has 0 saturated carbocycles. The normalized spacial score (nSPS) is 11.2. The number of nitrogens with one attached hydrogen (secondary N) is 1. The lowest BCUT2D eigenvalue weighted by molar-refractivity contribution is -0.147. The highest BCUT2D eigenvalue weighted by molar-refractivity contribution is 5.96. The monoisotopic (exact) mass is 225 g/mol. The number of rotatable bonds is 3. The first-order valence-corrected chi connectivity index (χ1v) is 4.80. The summed E-state index contributed by atoms with van der Waals surface area (Å²) in [5.41, 5.74) is -0.246. The van der Waals surface area contributed by atoms with Crippen LogP contribution in [0, 0.1) is 6.92 Å². The van der Waals surface area contributed by atoms with Crippen LogP contribution in [0.2, 0.25) is 0 Å². The molecule has 1 aromatic heterocycles. The molecule has 88 valence electrons.